The van der Waals surface area contributed by atoms with Crippen LogP contribution >= 0.6 is 11.6 Å². The Balaban J connectivity index is 2.25. The summed E-state index contributed by atoms with van der Waals surface area (Å²) in [5.41, 5.74) is 1.82. The molecule has 1 heterocycles. The molecule has 0 radical (unpaired) electrons. The van der Waals surface area contributed by atoms with Crippen molar-refractivity contribution in [3.05, 3.63) is 47.2 Å². The Morgan fingerprint density at radius 1 is 0.917 bits per heavy atom. The number of methoxy groups -OCH3 is 3. The summed E-state index contributed by atoms with van der Waals surface area (Å²) < 4.78 is 29.9. The Morgan fingerprint density at radius 2 is 1.67 bits per heavy atom. The minimum atomic E-state index is -0.490. The average Bonchev–Trinajstić information content (AvgIpc) is 2.62. The highest BCUT2D eigenvalue weighted by molar-refractivity contribution is 6.30. The molecule has 0 spiro atoms. The molecule has 0 aliphatic rings. The number of aromatic nitrogens is 1. The smallest absolute Gasteiger partial charge is 0.170 e. The van der Waals surface area contributed by atoms with Crippen LogP contribution in [0.25, 0.3) is 22.2 Å². The first-order chi connectivity index (χ1) is 11.6. The van der Waals surface area contributed by atoms with Crippen molar-refractivity contribution < 1.29 is 18.6 Å². The van der Waals surface area contributed by atoms with Crippen LogP contribution in [0.3, 0.4) is 0 Å². The van der Waals surface area contributed by atoms with E-state index in [1.807, 2.05) is 6.07 Å². The second kappa shape index (κ2) is 6.53. The summed E-state index contributed by atoms with van der Waals surface area (Å²) in [5.74, 6) is 1.16. The first-order valence-electron chi connectivity index (χ1n) is 7.14. The summed E-state index contributed by atoms with van der Waals surface area (Å²) in [6.45, 7) is 0. The van der Waals surface area contributed by atoms with E-state index in [0.717, 1.165) is 5.39 Å². The van der Waals surface area contributed by atoms with Crippen LogP contribution in [0.5, 0.6) is 17.2 Å². The van der Waals surface area contributed by atoms with Crippen molar-refractivity contribution >= 4 is 22.5 Å². The van der Waals surface area contributed by atoms with E-state index in [4.69, 9.17) is 25.8 Å². The molecule has 0 aliphatic carbocycles. The zero-order chi connectivity index (χ0) is 17.3. The van der Waals surface area contributed by atoms with E-state index in [1.54, 1.807) is 39.5 Å². The van der Waals surface area contributed by atoms with Crippen molar-refractivity contribution in [1.29, 1.82) is 0 Å². The molecular weight excluding hydrogens is 333 g/mol. The van der Waals surface area contributed by atoms with Crippen LogP contribution in [-0.4, -0.2) is 26.3 Å². The lowest BCUT2D eigenvalue weighted by Crippen LogP contribution is -1.97. The molecule has 1 aromatic heterocycles. The van der Waals surface area contributed by atoms with Gasteiger partial charge in [-0.3, -0.25) is 0 Å². The molecule has 0 saturated heterocycles. The van der Waals surface area contributed by atoms with Crippen LogP contribution < -0.4 is 14.2 Å². The van der Waals surface area contributed by atoms with Gasteiger partial charge in [0.05, 0.1) is 32.0 Å². The number of ether oxygens (including phenoxy) is 3. The predicted octanol–water partition coefficient (Wildman–Crippen LogP) is 4.72. The zero-order valence-corrected chi connectivity index (χ0v) is 14.1. The molecule has 0 aliphatic heterocycles. The van der Waals surface area contributed by atoms with Crippen molar-refractivity contribution in [3.8, 4) is 28.5 Å². The third kappa shape index (κ3) is 2.71. The number of rotatable bonds is 4. The third-order valence-electron chi connectivity index (χ3n) is 3.72. The fourth-order valence-electron chi connectivity index (χ4n) is 2.55. The van der Waals surface area contributed by atoms with E-state index in [-0.39, 0.29) is 5.02 Å². The van der Waals surface area contributed by atoms with Crippen LogP contribution in [0.1, 0.15) is 0 Å². The first-order valence-corrected chi connectivity index (χ1v) is 7.52. The van der Waals surface area contributed by atoms with E-state index in [9.17, 15) is 4.39 Å². The lowest BCUT2D eigenvalue weighted by atomic mass is 10.1. The fourth-order valence-corrected chi connectivity index (χ4v) is 2.67. The molecule has 0 amide bonds. The first kappa shape index (κ1) is 16.3. The quantitative estimate of drug-likeness (QED) is 0.684. The minimum absolute atomic E-state index is 0.0727. The number of fused-ring (bicyclic) bond motifs is 1. The van der Waals surface area contributed by atoms with Crippen LogP contribution in [0.15, 0.2) is 36.4 Å². The molecule has 124 valence electrons. The molecular formula is C18H15ClFNO3. The second-order valence-corrected chi connectivity index (χ2v) is 5.44. The molecule has 0 N–H and O–H groups in total. The average molecular weight is 348 g/mol. The van der Waals surface area contributed by atoms with Crippen LogP contribution in [0, 0.1) is 5.82 Å². The minimum Gasteiger partial charge on any atom is -0.494 e. The van der Waals surface area contributed by atoms with E-state index in [0.29, 0.717) is 34.0 Å². The maximum Gasteiger partial charge on any atom is 0.170 e. The maximum atomic E-state index is 13.7. The van der Waals surface area contributed by atoms with E-state index < -0.39 is 5.82 Å². The highest BCUT2D eigenvalue weighted by atomic mass is 35.5. The van der Waals surface area contributed by atoms with E-state index in [1.165, 1.54) is 12.1 Å². The molecule has 3 aromatic rings. The van der Waals surface area contributed by atoms with Gasteiger partial charge in [-0.1, -0.05) is 17.7 Å². The van der Waals surface area contributed by atoms with Crippen molar-refractivity contribution in [3.63, 3.8) is 0 Å². The Kier molecular flexibility index (Phi) is 4.44. The Bertz CT molecular complexity index is 914. The highest BCUT2D eigenvalue weighted by Gasteiger charge is 2.16. The Labute approximate surface area is 143 Å². The molecule has 3 rings (SSSR count). The second-order valence-electron chi connectivity index (χ2n) is 5.04. The predicted molar refractivity (Wildman–Crippen MR) is 91.8 cm³/mol. The van der Waals surface area contributed by atoms with Gasteiger partial charge in [0.25, 0.3) is 0 Å². The van der Waals surface area contributed by atoms with Crippen molar-refractivity contribution in [2.45, 2.75) is 0 Å². The van der Waals surface area contributed by atoms with Crippen molar-refractivity contribution in [2.24, 2.45) is 0 Å². The van der Waals surface area contributed by atoms with Crippen LogP contribution in [-0.2, 0) is 0 Å². The largest absolute Gasteiger partial charge is 0.494 e. The molecule has 4 nitrogen and oxygen atoms in total. The van der Waals surface area contributed by atoms with E-state index >= 15 is 0 Å². The normalized spacial score (nSPS) is 10.7. The van der Waals surface area contributed by atoms with Gasteiger partial charge in [0.2, 0.25) is 0 Å². The number of hydrogen-bond acceptors (Lipinski definition) is 4. The number of halogens is 2. The monoisotopic (exact) mass is 347 g/mol. The van der Waals surface area contributed by atoms with Gasteiger partial charge in [0.1, 0.15) is 17.1 Å². The summed E-state index contributed by atoms with van der Waals surface area (Å²) in [5, 5.41) is 0.815. The zero-order valence-electron chi connectivity index (χ0n) is 13.4. The molecule has 0 atom stereocenters. The number of nitrogens with zero attached hydrogens (tertiary/aromatic N) is 1. The summed E-state index contributed by atoms with van der Waals surface area (Å²) in [6, 6.07) is 9.90. The van der Waals surface area contributed by atoms with Gasteiger partial charge in [-0.25, -0.2) is 9.37 Å². The van der Waals surface area contributed by atoms with Crippen LogP contribution in [0.4, 0.5) is 4.39 Å². The molecule has 0 unspecified atom stereocenters. The molecule has 24 heavy (non-hydrogen) atoms. The number of hydrogen-bond donors (Lipinski definition) is 0. The van der Waals surface area contributed by atoms with E-state index in [2.05, 4.69) is 4.98 Å². The summed E-state index contributed by atoms with van der Waals surface area (Å²) >= 11 is 5.74. The molecule has 0 bridgehead atoms. The van der Waals surface area contributed by atoms with Gasteiger partial charge in [-0.15, -0.1) is 0 Å². The topological polar surface area (TPSA) is 40.6 Å². The summed E-state index contributed by atoms with van der Waals surface area (Å²) in [7, 11) is 4.67. The molecule has 0 fully saturated rings. The standard InChI is InChI=1S/C18H15ClFNO3/c1-22-15-9-16(23-2)18(24-3)11-5-7-14(21-17(11)15)10-4-6-12(19)13(20)8-10/h4-9H,1-3H3. The molecule has 6 heteroatoms. The third-order valence-corrected chi connectivity index (χ3v) is 4.03. The maximum absolute atomic E-state index is 13.7. The Hall–Kier alpha value is -2.53. The van der Waals surface area contributed by atoms with Gasteiger partial charge < -0.3 is 14.2 Å². The van der Waals surface area contributed by atoms with Gasteiger partial charge in [0, 0.05) is 17.0 Å². The van der Waals surface area contributed by atoms with Gasteiger partial charge in [-0.2, -0.15) is 0 Å². The lowest BCUT2D eigenvalue weighted by molar-refractivity contribution is 0.353. The van der Waals surface area contributed by atoms with Crippen molar-refractivity contribution in [1.82, 2.24) is 4.98 Å². The summed E-state index contributed by atoms with van der Waals surface area (Å²) in [4.78, 5) is 4.60. The molecule has 0 saturated carbocycles. The highest BCUT2D eigenvalue weighted by Crippen LogP contribution is 2.41. The number of benzene rings is 2. The van der Waals surface area contributed by atoms with Crippen molar-refractivity contribution in [2.75, 3.05) is 21.3 Å². The fraction of sp³-hybridized carbons (Fsp3) is 0.167. The van der Waals surface area contributed by atoms with Gasteiger partial charge in [-0.05, 0) is 24.3 Å². The van der Waals surface area contributed by atoms with Gasteiger partial charge >= 0.3 is 0 Å². The number of pyridine rings is 1. The SMILES string of the molecule is COc1cc(OC)c2nc(-c3ccc(Cl)c(F)c3)ccc2c1OC. The van der Waals surface area contributed by atoms with Gasteiger partial charge in [0.15, 0.2) is 11.5 Å². The Morgan fingerprint density at radius 3 is 2.29 bits per heavy atom. The van der Waals surface area contributed by atoms with Crippen LogP contribution in [0.2, 0.25) is 5.02 Å². The summed E-state index contributed by atoms with van der Waals surface area (Å²) in [6.07, 6.45) is 0. The lowest BCUT2D eigenvalue weighted by Gasteiger charge is -2.14. The molecule has 2 aromatic carbocycles.